The van der Waals surface area contributed by atoms with Crippen LogP contribution >= 0.6 is 0 Å². The van der Waals surface area contributed by atoms with Gasteiger partial charge in [-0.2, -0.15) is 0 Å². The summed E-state index contributed by atoms with van der Waals surface area (Å²) in [6.45, 7) is 6.91. The molecule has 3 aliphatic carbocycles. The molecule has 1 spiro atoms. The van der Waals surface area contributed by atoms with Crippen LogP contribution in [-0.2, 0) is 11.2 Å². The Labute approximate surface area is 149 Å². The number of hydrogen-bond donors (Lipinski definition) is 2. The number of aliphatic carboxylic acids is 1. The molecule has 3 aliphatic rings. The summed E-state index contributed by atoms with van der Waals surface area (Å²) in [5, 5.41) is 20.2. The predicted molar refractivity (Wildman–Crippen MR) is 97.0 cm³/mol. The maximum atomic E-state index is 11.8. The van der Waals surface area contributed by atoms with Gasteiger partial charge in [0.05, 0.1) is 11.7 Å². The summed E-state index contributed by atoms with van der Waals surface area (Å²) in [5.41, 5.74) is 2.62. The van der Waals surface area contributed by atoms with Crippen LogP contribution in [-0.4, -0.2) is 22.3 Å². The molecule has 0 aliphatic heterocycles. The van der Waals surface area contributed by atoms with Gasteiger partial charge in [0, 0.05) is 5.41 Å². The number of allylic oxidation sites excluding steroid dienone is 1. The highest BCUT2D eigenvalue weighted by Crippen LogP contribution is 2.74. The number of hydrogen-bond acceptors (Lipinski definition) is 2. The molecule has 5 atom stereocenters. The van der Waals surface area contributed by atoms with Crippen molar-refractivity contribution in [2.24, 2.45) is 28.6 Å². The Morgan fingerprint density at radius 1 is 1.24 bits per heavy atom. The van der Waals surface area contributed by atoms with Crippen molar-refractivity contribution in [2.45, 2.75) is 52.6 Å². The van der Waals surface area contributed by atoms with Crippen LogP contribution in [0.3, 0.4) is 0 Å². The summed E-state index contributed by atoms with van der Waals surface area (Å²) < 4.78 is 0. The molecule has 0 saturated heterocycles. The van der Waals surface area contributed by atoms with Gasteiger partial charge in [-0.3, -0.25) is 0 Å². The van der Waals surface area contributed by atoms with Crippen LogP contribution in [0.2, 0.25) is 0 Å². The SMILES string of the molecule is CC1CC(Cc2ccccc2)C2CC3=C(C(=O)O)C(O)CC31C2(C)C. The first-order chi connectivity index (χ1) is 11.8. The highest BCUT2D eigenvalue weighted by Gasteiger charge is 2.68. The van der Waals surface area contributed by atoms with Crippen molar-refractivity contribution in [1.82, 2.24) is 0 Å². The van der Waals surface area contributed by atoms with Crippen LogP contribution in [0.5, 0.6) is 0 Å². The molecule has 1 aromatic rings. The molecule has 1 aromatic carbocycles. The van der Waals surface area contributed by atoms with Crippen molar-refractivity contribution < 1.29 is 15.0 Å². The molecule has 2 saturated carbocycles. The Morgan fingerprint density at radius 3 is 2.56 bits per heavy atom. The quantitative estimate of drug-likeness (QED) is 0.872. The minimum Gasteiger partial charge on any atom is -0.478 e. The summed E-state index contributed by atoms with van der Waals surface area (Å²) in [6.07, 6.45) is 2.81. The number of carboxylic acid groups (broad SMARTS) is 1. The van der Waals surface area contributed by atoms with E-state index < -0.39 is 12.1 Å². The fourth-order valence-electron chi connectivity index (χ4n) is 6.84. The van der Waals surface area contributed by atoms with Crippen molar-refractivity contribution in [1.29, 1.82) is 0 Å². The summed E-state index contributed by atoms with van der Waals surface area (Å²) in [7, 11) is 0. The van der Waals surface area contributed by atoms with Gasteiger partial charge in [-0.25, -0.2) is 4.79 Å². The zero-order valence-electron chi connectivity index (χ0n) is 15.3. The fraction of sp³-hybridized carbons (Fsp3) is 0.591. The highest BCUT2D eigenvalue weighted by atomic mass is 16.4. The smallest absolute Gasteiger partial charge is 0.334 e. The third-order valence-corrected chi connectivity index (χ3v) is 7.85. The van der Waals surface area contributed by atoms with E-state index in [9.17, 15) is 15.0 Å². The minimum atomic E-state index is -0.922. The molecule has 2 fully saturated rings. The van der Waals surface area contributed by atoms with E-state index in [-0.39, 0.29) is 10.8 Å². The topological polar surface area (TPSA) is 57.5 Å². The molecule has 0 radical (unpaired) electrons. The van der Waals surface area contributed by atoms with Crippen LogP contribution in [0, 0.1) is 28.6 Å². The van der Waals surface area contributed by atoms with Gasteiger partial charge in [0.2, 0.25) is 0 Å². The molecule has 2 N–H and O–H groups in total. The monoisotopic (exact) mass is 340 g/mol. The zero-order valence-corrected chi connectivity index (χ0v) is 15.3. The lowest BCUT2D eigenvalue weighted by Crippen LogP contribution is -2.49. The summed E-state index contributed by atoms with van der Waals surface area (Å²) in [5.74, 6) is 0.537. The standard InChI is InChI=1S/C22H28O3/c1-13-9-15(10-14-7-5-4-6-8-14)16-11-17-19(20(24)25)18(23)12-22(13,17)21(16,2)3/h4-8,13,15-16,18,23H,9-12H2,1-3H3,(H,24,25). The van der Waals surface area contributed by atoms with Crippen LogP contribution in [0.1, 0.15) is 45.6 Å². The average Bonchev–Trinajstić information content (AvgIpc) is 2.91. The number of benzene rings is 1. The Bertz CT molecular complexity index is 733. The third-order valence-electron chi connectivity index (χ3n) is 7.85. The molecule has 2 bridgehead atoms. The van der Waals surface area contributed by atoms with Crippen molar-refractivity contribution in [3.8, 4) is 0 Å². The molecule has 0 heterocycles. The lowest BCUT2D eigenvalue weighted by molar-refractivity contribution is -0.133. The molecular formula is C22H28O3. The fourth-order valence-corrected chi connectivity index (χ4v) is 6.84. The molecule has 25 heavy (non-hydrogen) atoms. The Kier molecular flexibility index (Phi) is 3.66. The minimum absolute atomic E-state index is 0.0254. The van der Waals surface area contributed by atoms with Crippen LogP contribution in [0.15, 0.2) is 41.5 Å². The number of carbonyl (C=O) groups is 1. The van der Waals surface area contributed by atoms with Crippen molar-refractivity contribution in [2.75, 3.05) is 0 Å². The molecule has 0 amide bonds. The number of aliphatic hydroxyl groups excluding tert-OH is 1. The van der Waals surface area contributed by atoms with E-state index in [1.807, 2.05) is 0 Å². The lowest BCUT2D eigenvalue weighted by Gasteiger charge is -2.54. The number of aliphatic hydroxyl groups is 1. The Hall–Kier alpha value is -1.61. The van der Waals surface area contributed by atoms with Gasteiger partial charge in [0.1, 0.15) is 0 Å². The van der Waals surface area contributed by atoms with E-state index >= 15 is 0 Å². The van der Waals surface area contributed by atoms with Gasteiger partial charge in [-0.05, 0) is 60.0 Å². The van der Waals surface area contributed by atoms with E-state index in [1.54, 1.807) is 0 Å². The number of rotatable bonds is 3. The molecule has 4 rings (SSSR count). The second kappa shape index (κ2) is 5.44. The summed E-state index contributed by atoms with van der Waals surface area (Å²) in [4.78, 5) is 11.8. The van der Waals surface area contributed by atoms with E-state index in [2.05, 4.69) is 51.1 Å². The van der Waals surface area contributed by atoms with E-state index in [0.29, 0.717) is 29.7 Å². The van der Waals surface area contributed by atoms with E-state index in [0.717, 1.165) is 24.8 Å². The Morgan fingerprint density at radius 2 is 1.92 bits per heavy atom. The van der Waals surface area contributed by atoms with Crippen molar-refractivity contribution in [3.05, 3.63) is 47.0 Å². The molecule has 5 unspecified atom stereocenters. The highest BCUT2D eigenvalue weighted by molar-refractivity contribution is 5.90. The third kappa shape index (κ3) is 2.11. The predicted octanol–water partition coefficient (Wildman–Crippen LogP) is 4.06. The van der Waals surface area contributed by atoms with E-state index in [1.165, 1.54) is 5.56 Å². The molecular weight excluding hydrogens is 312 g/mol. The maximum Gasteiger partial charge on any atom is 0.334 e. The Balaban J connectivity index is 1.76. The zero-order chi connectivity index (χ0) is 18.0. The van der Waals surface area contributed by atoms with Crippen molar-refractivity contribution in [3.63, 3.8) is 0 Å². The lowest BCUT2D eigenvalue weighted by atomic mass is 9.50. The first-order valence-corrected chi connectivity index (χ1v) is 9.48. The second-order valence-electron chi connectivity index (χ2n) is 9.01. The van der Waals surface area contributed by atoms with Gasteiger partial charge < -0.3 is 10.2 Å². The van der Waals surface area contributed by atoms with Gasteiger partial charge in [0.15, 0.2) is 0 Å². The first-order valence-electron chi connectivity index (χ1n) is 9.48. The van der Waals surface area contributed by atoms with Crippen LogP contribution < -0.4 is 0 Å². The van der Waals surface area contributed by atoms with Crippen LogP contribution in [0.25, 0.3) is 0 Å². The van der Waals surface area contributed by atoms with Gasteiger partial charge in [-0.15, -0.1) is 0 Å². The molecule has 0 aromatic heterocycles. The molecule has 3 nitrogen and oxygen atoms in total. The molecule has 3 heteroatoms. The second-order valence-corrected chi connectivity index (χ2v) is 9.01. The van der Waals surface area contributed by atoms with Gasteiger partial charge in [-0.1, -0.05) is 51.1 Å². The van der Waals surface area contributed by atoms with E-state index in [4.69, 9.17) is 0 Å². The van der Waals surface area contributed by atoms with Gasteiger partial charge >= 0.3 is 5.97 Å². The maximum absolute atomic E-state index is 11.8. The average molecular weight is 340 g/mol. The normalized spacial score (nSPS) is 38.7. The number of carboxylic acids is 1. The summed E-state index contributed by atoms with van der Waals surface area (Å²) in [6, 6.07) is 10.6. The number of fused-ring (bicyclic) bond motifs is 1. The molecule has 134 valence electrons. The largest absolute Gasteiger partial charge is 0.478 e. The first kappa shape index (κ1) is 16.8. The summed E-state index contributed by atoms with van der Waals surface area (Å²) >= 11 is 0. The van der Waals surface area contributed by atoms with Crippen LogP contribution in [0.4, 0.5) is 0 Å². The van der Waals surface area contributed by atoms with Gasteiger partial charge in [0.25, 0.3) is 0 Å². The van der Waals surface area contributed by atoms with Crippen molar-refractivity contribution >= 4 is 5.97 Å².